The van der Waals surface area contributed by atoms with Gasteiger partial charge < -0.3 is 14.5 Å². The molecule has 3 fully saturated rings. The quantitative estimate of drug-likeness (QED) is 0.797. The van der Waals surface area contributed by atoms with E-state index in [0.29, 0.717) is 32.2 Å². The van der Waals surface area contributed by atoms with Gasteiger partial charge in [-0.05, 0) is 31.6 Å². The van der Waals surface area contributed by atoms with Crippen LogP contribution in [0, 0.1) is 11.8 Å². The monoisotopic (exact) mass is 308 g/mol. The van der Waals surface area contributed by atoms with Crippen LogP contribution in [0.1, 0.15) is 45.4 Å². The van der Waals surface area contributed by atoms with Crippen molar-refractivity contribution in [3.63, 3.8) is 0 Å². The van der Waals surface area contributed by atoms with Gasteiger partial charge in [0, 0.05) is 25.6 Å². The summed E-state index contributed by atoms with van der Waals surface area (Å²) in [6, 6.07) is -0.227. The molecule has 1 aliphatic carbocycles. The van der Waals surface area contributed by atoms with E-state index < -0.39 is 0 Å². The first kappa shape index (κ1) is 15.8. The highest BCUT2D eigenvalue weighted by atomic mass is 16.5. The van der Waals surface area contributed by atoms with Gasteiger partial charge >= 0.3 is 0 Å². The van der Waals surface area contributed by atoms with Gasteiger partial charge in [0.1, 0.15) is 6.04 Å². The van der Waals surface area contributed by atoms with Crippen LogP contribution in [0.3, 0.4) is 0 Å². The summed E-state index contributed by atoms with van der Waals surface area (Å²) in [7, 11) is 0. The number of rotatable bonds is 3. The summed E-state index contributed by atoms with van der Waals surface area (Å²) in [6.07, 6.45) is 6.60. The van der Waals surface area contributed by atoms with Gasteiger partial charge in [-0.1, -0.05) is 19.8 Å². The van der Waals surface area contributed by atoms with Gasteiger partial charge in [-0.3, -0.25) is 9.59 Å². The van der Waals surface area contributed by atoms with E-state index >= 15 is 0 Å². The molecule has 0 bridgehead atoms. The van der Waals surface area contributed by atoms with E-state index in [4.69, 9.17) is 4.74 Å². The molecular formula is C17H28N2O3. The van der Waals surface area contributed by atoms with Gasteiger partial charge in [-0.25, -0.2) is 0 Å². The van der Waals surface area contributed by atoms with Crippen molar-refractivity contribution in [2.24, 2.45) is 11.8 Å². The first-order chi connectivity index (χ1) is 10.7. The molecule has 0 aromatic carbocycles. The fourth-order valence-corrected chi connectivity index (χ4v) is 4.20. The summed E-state index contributed by atoms with van der Waals surface area (Å²) < 4.78 is 5.32. The van der Waals surface area contributed by atoms with Crippen molar-refractivity contribution in [2.45, 2.75) is 51.5 Å². The zero-order valence-corrected chi connectivity index (χ0v) is 13.6. The lowest BCUT2D eigenvalue weighted by Crippen LogP contribution is -2.52. The maximum atomic E-state index is 12.9. The fourth-order valence-electron chi connectivity index (χ4n) is 4.20. The molecule has 0 spiro atoms. The van der Waals surface area contributed by atoms with Crippen molar-refractivity contribution in [1.82, 2.24) is 9.80 Å². The first-order valence-electron chi connectivity index (χ1n) is 8.85. The zero-order valence-electron chi connectivity index (χ0n) is 13.6. The Morgan fingerprint density at radius 1 is 1.00 bits per heavy atom. The maximum absolute atomic E-state index is 12.9. The third-order valence-electron chi connectivity index (χ3n) is 5.64. The van der Waals surface area contributed by atoms with Crippen LogP contribution in [0.15, 0.2) is 0 Å². The number of amides is 2. The van der Waals surface area contributed by atoms with Crippen LogP contribution in [0.25, 0.3) is 0 Å². The van der Waals surface area contributed by atoms with E-state index in [-0.39, 0.29) is 23.8 Å². The Labute approximate surface area is 133 Å². The highest BCUT2D eigenvalue weighted by Gasteiger charge is 2.40. The first-order valence-corrected chi connectivity index (χ1v) is 8.85. The Bertz CT molecular complexity index is 414. The van der Waals surface area contributed by atoms with Crippen LogP contribution in [-0.4, -0.2) is 60.5 Å². The number of ether oxygens (including phenoxy) is 1. The smallest absolute Gasteiger partial charge is 0.245 e. The molecule has 5 nitrogen and oxygen atoms in total. The largest absolute Gasteiger partial charge is 0.378 e. The fraction of sp³-hybridized carbons (Fsp3) is 0.882. The molecule has 3 aliphatic rings. The van der Waals surface area contributed by atoms with E-state index in [1.54, 1.807) is 0 Å². The van der Waals surface area contributed by atoms with Gasteiger partial charge in [0.25, 0.3) is 0 Å². The highest BCUT2D eigenvalue weighted by Crippen LogP contribution is 2.33. The summed E-state index contributed by atoms with van der Waals surface area (Å²) in [5.74, 6) is 0.927. The summed E-state index contributed by atoms with van der Waals surface area (Å²) in [5.41, 5.74) is 0. The van der Waals surface area contributed by atoms with E-state index in [1.807, 2.05) is 9.80 Å². The average Bonchev–Trinajstić information content (AvgIpc) is 3.24. The Morgan fingerprint density at radius 2 is 1.68 bits per heavy atom. The zero-order chi connectivity index (χ0) is 15.5. The summed E-state index contributed by atoms with van der Waals surface area (Å²) >= 11 is 0. The number of morpholine rings is 1. The Morgan fingerprint density at radius 3 is 2.36 bits per heavy atom. The molecular weight excluding hydrogens is 280 g/mol. The molecule has 2 heterocycles. The van der Waals surface area contributed by atoms with Crippen LogP contribution in [0.5, 0.6) is 0 Å². The molecule has 0 radical (unpaired) electrons. The molecule has 0 aromatic heterocycles. The molecule has 3 rings (SSSR count). The molecule has 1 saturated carbocycles. The van der Waals surface area contributed by atoms with Gasteiger partial charge in [-0.2, -0.15) is 0 Å². The second kappa shape index (κ2) is 6.99. The molecule has 0 N–H and O–H groups in total. The summed E-state index contributed by atoms with van der Waals surface area (Å²) in [5, 5.41) is 0. The summed E-state index contributed by atoms with van der Waals surface area (Å²) in [4.78, 5) is 29.3. The predicted octanol–water partition coefficient (Wildman–Crippen LogP) is 1.66. The van der Waals surface area contributed by atoms with Crippen LogP contribution in [-0.2, 0) is 14.3 Å². The molecule has 2 saturated heterocycles. The van der Waals surface area contributed by atoms with Crippen LogP contribution < -0.4 is 0 Å². The molecule has 5 heteroatoms. The number of nitrogens with zero attached hydrogens (tertiary/aromatic N) is 2. The lowest BCUT2D eigenvalue weighted by molar-refractivity contribution is -0.148. The second-order valence-electron chi connectivity index (χ2n) is 6.96. The Hall–Kier alpha value is -1.10. The maximum Gasteiger partial charge on any atom is 0.245 e. The average molecular weight is 308 g/mol. The van der Waals surface area contributed by atoms with Gasteiger partial charge in [-0.15, -0.1) is 0 Å². The normalized spacial score (nSPS) is 28.1. The van der Waals surface area contributed by atoms with Gasteiger partial charge in [0.2, 0.25) is 11.8 Å². The number of carbonyl (C=O) groups excluding carboxylic acids is 2. The van der Waals surface area contributed by atoms with E-state index in [0.717, 1.165) is 19.4 Å². The van der Waals surface area contributed by atoms with Crippen molar-refractivity contribution in [2.75, 3.05) is 32.8 Å². The van der Waals surface area contributed by atoms with Crippen LogP contribution in [0.2, 0.25) is 0 Å². The molecule has 0 aromatic rings. The minimum Gasteiger partial charge on any atom is -0.378 e. The Kier molecular flexibility index (Phi) is 5.01. The topological polar surface area (TPSA) is 49.9 Å². The molecule has 22 heavy (non-hydrogen) atoms. The number of hydrogen-bond donors (Lipinski definition) is 0. The second-order valence-corrected chi connectivity index (χ2v) is 6.96. The standard InChI is InChI=1S/C17H28N2O3/c1-13(14-5-2-3-6-14)16(20)19-8-4-7-15(19)17(21)18-9-11-22-12-10-18/h13-15H,2-12H2,1H3/t13?,15-/m1/s1. The lowest BCUT2D eigenvalue weighted by Gasteiger charge is -2.34. The molecule has 2 amide bonds. The summed E-state index contributed by atoms with van der Waals surface area (Å²) in [6.45, 7) is 5.37. The van der Waals surface area contributed by atoms with E-state index in [9.17, 15) is 9.59 Å². The number of hydrogen-bond acceptors (Lipinski definition) is 3. The van der Waals surface area contributed by atoms with Gasteiger partial charge in [0.15, 0.2) is 0 Å². The van der Waals surface area contributed by atoms with Crippen molar-refractivity contribution in [1.29, 1.82) is 0 Å². The van der Waals surface area contributed by atoms with Crippen molar-refractivity contribution in [3.05, 3.63) is 0 Å². The van der Waals surface area contributed by atoms with Gasteiger partial charge in [0.05, 0.1) is 13.2 Å². The van der Waals surface area contributed by atoms with E-state index in [2.05, 4.69) is 6.92 Å². The highest BCUT2D eigenvalue weighted by molar-refractivity contribution is 5.89. The van der Waals surface area contributed by atoms with Crippen molar-refractivity contribution in [3.8, 4) is 0 Å². The molecule has 1 unspecified atom stereocenters. The Balaban J connectivity index is 1.64. The minimum atomic E-state index is -0.227. The molecule has 2 aliphatic heterocycles. The number of likely N-dealkylation sites (tertiary alicyclic amines) is 1. The van der Waals surface area contributed by atoms with Crippen LogP contribution in [0.4, 0.5) is 0 Å². The predicted molar refractivity (Wildman–Crippen MR) is 83.3 cm³/mol. The third kappa shape index (κ3) is 3.14. The van der Waals surface area contributed by atoms with E-state index in [1.165, 1.54) is 25.7 Å². The van der Waals surface area contributed by atoms with Crippen molar-refractivity contribution >= 4 is 11.8 Å². The van der Waals surface area contributed by atoms with Crippen molar-refractivity contribution < 1.29 is 14.3 Å². The van der Waals surface area contributed by atoms with Crippen LogP contribution >= 0.6 is 0 Å². The molecule has 124 valence electrons. The molecule has 2 atom stereocenters. The SMILES string of the molecule is CC(C(=O)N1CCC[C@@H]1C(=O)N1CCOCC1)C1CCCC1. The lowest BCUT2D eigenvalue weighted by atomic mass is 9.91. The third-order valence-corrected chi connectivity index (χ3v) is 5.64. The minimum absolute atomic E-state index is 0.0700. The number of carbonyl (C=O) groups is 2.